The number of nitrogens with two attached hydrogens (primary N) is 2. The van der Waals surface area contributed by atoms with Crippen LogP contribution in [0.5, 0.6) is 5.75 Å². The van der Waals surface area contributed by atoms with Crippen LogP contribution >= 0.6 is 0 Å². The van der Waals surface area contributed by atoms with Crippen molar-refractivity contribution in [2.45, 2.75) is 31.7 Å². The topological polar surface area (TPSA) is 127 Å². The van der Waals surface area contributed by atoms with Crippen LogP contribution in [0.15, 0.2) is 24.3 Å². The zero-order valence-electron chi connectivity index (χ0n) is 11.4. The number of benzene rings is 1. The standard InChI is InChI=1S/C8H8O2.C6H14N2O2/c9-6-5-7-1-3-8(10)4-2-7;7-4-2-1-3-5(8)6(9)10/h1-4,6,10H,5H2;5H,1-4,7-8H2,(H,9,10)/t;5-/m.0/s1. The van der Waals surface area contributed by atoms with Crippen molar-refractivity contribution in [3.05, 3.63) is 29.8 Å². The number of phenols is 1. The smallest absolute Gasteiger partial charge is 0.320 e. The van der Waals surface area contributed by atoms with Crippen molar-refractivity contribution in [3.8, 4) is 5.75 Å². The summed E-state index contributed by atoms with van der Waals surface area (Å²) in [7, 11) is 0. The van der Waals surface area contributed by atoms with E-state index in [1.807, 2.05) is 0 Å². The van der Waals surface area contributed by atoms with E-state index in [9.17, 15) is 9.59 Å². The number of hydrogen-bond donors (Lipinski definition) is 4. The Balaban J connectivity index is 0.000000361. The van der Waals surface area contributed by atoms with Gasteiger partial charge in [-0.1, -0.05) is 18.6 Å². The van der Waals surface area contributed by atoms with Gasteiger partial charge in [-0.15, -0.1) is 0 Å². The van der Waals surface area contributed by atoms with Gasteiger partial charge < -0.3 is 26.5 Å². The molecule has 0 amide bonds. The van der Waals surface area contributed by atoms with Crippen LogP contribution in [0.4, 0.5) is 0 Å². The molecule has 1 aromatic carbocycles. The molecule has 0 aliphatic carbocycles. The van der Waals surface area contributed by atoms with Gasteiger partial charge in [0.1, 0.15) is 18.1 Å². The summed E-state index contributed by atoms with van der Waals surface area (Å²) in [5, 5.41) is 17.2. The second kappa shape index (κ2) is 11.0. The van der Waals surface area contributed by atoms with E-state index in [2.05, 4.69) is 0 Å². The predicted octanol–water partition coefficient (Wildman–Crippen LogP) is 0.661. The minimum Gasteiger partial charge on any atom is -0.508 e. The molecule has 0 aliphatic rings. The van der Waals surface area contributed by atoms with Gasteiger partial charge in [0.05, 0.1) is 0 Å². The minimum atomic E-state index is -0.933. The van der Waals surface area contributed by atoms with Crippen LogP contribution in [-0.4, -0.2) is 35.1 Å². The number of hydrogen-bond acceptors (Lipinski definition) is 5. The molecule has 0 aliphatic heterocycles. The SMILES string of the molecule is NCCCC[C@H](N)C(=O)O.O=CCc1ccc(O)cc1. The van der Waals surface area contributed by atoms with Crippen molar-refractivity contribution in [1.82, 2.24) is 0 Å². The van der Waals surface area contributed by atoms with Gasteiger partial charge in [0.2, 0.25) is 0 Å². The maximum Gasteiger partial charge on any atom is 0.320 e. The predicted molar refractivity (Wildman–Crippen MR) is 76.4 cm³/mol. The molecule has 112 valence electrons. The van der Waals surface area contributed by atoms with Crippen molar-refractivity contribution in [2.24, 2.45) is 11.5 Å². The first-order valence-electron chi connectivity index (χ1n) is 6.41. The number of rotatable bonds is 7. The lowest BCUT2D eigenvalue weighted by Crippen LogP contribution is -2.29. The lowest BCUT2D eigenvalue weighted by Gasteiger charge is -2.03. The largest absolute Gasteiger partial charge is 0.508 e. The third-order valence-electron chi connectivity index (χ3n) is 2.54. The van der Waals surface area contributed by atoms with Crippen molar-refractivity contribution in [2.75, 3.05) is 6.54 Å². The van der Waals surface area contributed by atoms with Gasteiger partial charge in [-0.3, -0.25) is 4.79 Å². The molecule has 0 spiro atoms. The summed E-state index contributed by atoms with van der Waals surface area (Å²) in [6.07, 6.45) is 3.42. The average Bonchev–Trinajstić information content (AvgIpc) is 2.42. The zero-order valence-corrected chi connectivity index (χ0v) is 11.4. The van der Waals surface area contributed by atoms with Gasteiger partial charge in [0.15, 0.2) is 0 Å². The summed E-state index contributed by atoms with van der Waals surface area (Å²) in [4.78, 5) is 20.1. The van der Waals surface area contributed by atoms with Crippen LogP contribution in [0, 0.1) is 0 Å². The van der Waals surface area contributed by atoms with Crippen LogP contribution in [-0.2, 0) is 16.0 Å². The molecule has 6 nitrogen and oxygen atoms in total. The molecule has 20 heavy (non-hydrogen) atoms. The molecule has 0 bridgehead atoms. The second-order valence-electron chi connectivity index (χ2n) is 4.27. The number of aliphatic carboxylic acids is 1. The maximum absolute atomic E-state index is 10.1. The molecule has 0 aromatic heterocycles. The number of carboxylic acids is 1. The highest BCUT2D eigenvalue weighted by Crippen LogP contribution is 2.08. The summed E-state index contributed by atoms with van der Waals surface area (Å²) >= 11 is 0. The quantitative estimate of drug-likeness (QED) is 0.430. The van der Waals surface area contributed by atoms with Crippen LogP contribution in [0.3, 0.4) is 0 Å². The third kappa shape index (κ3) is 9.07. The average molecular weight is 282 g/mol. The van der Waals surface area contributed by atoms with E-state index < -0.39 is 12.0 Å². The number of phenolic OH excluding ortho intramolecular Hbond substituents is 1. The number of aldehydes is 1. The summed E-state index contributed by atoms with van der Waals surface area (Å²) in [6, 6.07) is 5.87. The molecular weight excluding hydrogens is 260 g/mol. The lowest BCUT2D eigenvalue weighted by molar-refractivity contribution is -0.138. The fourth-order valence-corrected chi connectivity index (χ4v) is 1.36. The Morgan fingerprint density at radius 1 is 1.25 bits per heavy atom. The highest BCUT2D eigenvalue weighted by Gasteiger charge is 2.09. The first-order valence-corrected chi connectivity index (χ1v) is 6.41. The molecule has 0 heterocycles. The Morgan fingerprint density at radius 3 is 2.30 bits per heavy atom. The molecule has 1 atom stereocenters. The molecule has 1 rings (SSSR count). The Bertz CT molecular complexity index is 393. The van der Waals surface area contributed by atoms with Crippen LogP contribution < -0.4 is 11.5 Å². The molecule has 0 saturated carbocycles. The maximum atomic E-state index is 10.1. The second-order valence-corrected chi connectivity index (χ2v) is 4.27. The minimum absolute atomic E-state index is 0.231. The summed E-state index contributed by atoms with van der Waals surface area (Å²) < 4.78 is 0. The number of carbonyl (C=O) groups is 2. The number of unbranched alkanes of at least 4 members (excludes halogenated alkanes) is 1. The molecule has 0 radical (unpaired) electrons. The fourth-order valence-electron chi connectivity index (χ4n) is 1.36. The van der Waals surface area contributed by atoms with E-state index >= 15 is 0 Å². The van der Waals surface area contributed by atoms with E-state index in [0.717, 1.165) is 24.7 Å². The van der Waals surface area contributed by atoms with Gasteiger partial charge in [-0.05, 0) is 37.1 Å². The molecule has 6 heteroatoms. The molecular formula is C14H22N2O4. The molecule has 0 unspecified atom stereocenters. The van der Waals surface area contributed by atoms with E-state index in [4.69, 9.17) is 21.7 Å². The van der Waals surface area contributed by atoms with E-state index in [1.54, 1.807) is 24.3 Å². The van der Waals surface area contributed by atoms with Crippen molar-refractivity contribution < 1.29 is 19.8 Å². The molecule has 6 N–H and O–H groups in total. The highest BCUT2D eigenvalue weighted by molar-refractivity contribution is 5.72. The van der Waals surface area contributed by atoms with Crippen LogP contribution in [0.2, 0.25) is 0 Å². The van der Waals surface area contributed by atoms with Gasteiger partial charge in [0.25, 0.3) is 0 Å². The van der Waals surface area contributed by atoms with Crippen molar-refractivity contribution >= 4 is 12.3 Å². The van der Waals surface area contributed by atoms with E-state index in [-0.39, 0.29) is 5.75 Å². The van der Waals surface area contributed by atoms with Crippen molar-refractivity contribution in [1.29, 1.82) is 0 Å². The Kier molecular flexibility index (Phi) is 9.90. The molecule has 0 saturated heterocycles. The zero-order chi connectivity index (χ0) is 15.4. The van der Waals surface area contributed by atoms with Gasteiger partial charge in [0, 0.05) is 6.42 Å². The van der Waals surface area contributed by atoms with Crippen molar-refractivity contribution in [3.63, 3.8) is 0 Å². The number of carboxylic acid groups (broad SMARTS) is 1. The number of carbonyl (C=O) groups excluding carboxylic acids is 1. The molecule has 1 aromatic rings. The Labute approximate surface area is 118 Å². The molecule has 0 fully saturated rings. The van der Waals surface area contributed by atoms with Gasteiger partial charge >= 0.3 is 5.97 Å². The first-order chi connectivity index (χ1) is 9.51. The first kappa shape index (κ1) is 18.1. The van der Waals surface area contributed by atoms with Gasteiger partial charge in [-0.2, -0.15) is 0 Å². The van der Waals surface area contributed by atoms with E-state index in [1.165, 1.54) is 0 Å². The number of aromatic hydroxyl groups is 1. The highest BCUT2D eigenvalue weighted by atomic mass is 16.4. The summed E-state index contributed by atoms with van der Waals surface area (Å²) in [5.41, 5.74) is 11.3. The normalized spacial score (nSPS) is 11.1. The van der Waals surface area contributed by atoms with E-state index in [0.29, 0.717) is 19.4 Å². The monoisotopic (exact) mass is 282 g/mol. The summed E-state index contributed by atoms with van der Waals surface area (Å²) in [5.74, 6) is -0.702. The Hall–Kier alpha value is -1.92. The third-order valence-corrected chi connectivity index (χ3v) is 2.54. The van der Waals surface area contributed by atoms with Gasteiger partial charge in [-0.25, -0.2) is 0 Å². The summed E-state index contributed by atoms with van der Waals surface area (Å²) in [6.45, 7) is 0.604. The fraction of sp³-hybridized carbons (Fsp3) is 0.429. The lowest BCUT2D eigenvalue weighted by atomic mass is 10.1. The van der Waals surface area contributed by atoms with Crippen LogP contribution in [0.25, 0.3) is 0 Å². The van der Waals surface area contributed by atoms with Crippen LogP contribution in [0.1, 0.15) is 24.8 Å². The Morgan fingerprint density at radius 2 is 1.85 bits per heavy atom.